The standard InChI is InChI=1S/C13H18N2S/c1-8(2)11(7-14)12-9(3)15-13(16-12)10-5-4-6-10/h8,10-11H,4-6H2,1-3H3. The molecule has 2 nitrogen and oxygen atoms in total. The number of thiazole rings is 1. The predicted octanol–water partition coefficient (Wildman–Crippen LogP) is 3.98. The van der Waals surface area contributed by atoms with Crippen LogP contribution in [0.15, 0.2) is 0 Å². The lowest BCUT2D eigenvalue weighted by Gasteiger charge is -2.22. The van der Waals surface area contributed by atoms with Crippen LogP contribution in [0, 0.1) is 24.2 Å². The summed E-state index contributed by atoms with van der Waals surface area (Å²) in [6.45, 7) is 6.26. The number of nitrogens with zero attached hydrogens (tertiary/aromatic N) is 2. The fourth-order valence-corrected chi connectivity index (χ4v) is 3.51. The fraction of sp³-hybridized carbons (Fsp3) is 0.692. The van der Waals surface area contributed by atoms with Crippen LogP contribution in [-0.4, -0.2) is 4.98 Å². The zero-order valence-corrected chi connectivity index (χ0v) is 11.0. The highest BCUT2D eigenvalue weighted by molar-refractivity contribution is 7.12. The Morgan fingerprint density at radius 2 is 2.12 bits per heavy atom. The first-order valence-electron chi connectivity index (χ1n) is 6.00. The van der Waals surface area contributed by atoms with Crippen molar-refractivity contribution in [3.8, 4) is 6.07 Å². The third-order valence-electron chi connectivity index (χ3n) is 3.39. The second-order valence-corrected chi connectivity index (χ2v) is 6.04. The average molecular weight is 234 g/mol. The maximum atomic E-state index is 9.22. The highest BCUT2D eigenvalue weighted by atomic mass is 32.1. The molecule has 86 valence electrons. The van der Waals surface area contributed by atoms with Crippen LogP contribution < -0.4 is 0 Å². The van der Waals surface area contributed by atoms with Crippen molar-refractivity contribution in [2.24, 2.45) is 5.92 Å². The lowest BCUT2D eigenvalue weighted by Crippen LogP contribution is -2.07. The van der Waals surface area contributed by atoms with E-state index in [-0.39, 0.29) is 5.92 Å². The molecule has 1 unspecified atom stereocenters. The Labute approximate surface area is 101 Å². The third-order valence-corrected chi connectivity index (χ3v) is 4.79. The van der Waals surface area contributed by atoms with Crippen LogP contribution in [0.4, 0.5) is 0 Å². The van der Waals surface area contributed by atoms with E-state index >= 15 is 0 Å². The minimum Gasteiger partial charge on any atom is -0.246 e. The van der Waals surface area contributed by atoms with Gasteiger partial charge < -0.3 is 0 Å². The van der Waals surface area contributed by atoms with Gasteiger partial charge in [-0.3, -0.25) is 0 Å². The molecule has 0 spiro atoms. The smallest absolute Gasteiger partial charge is 0.0962 e. The Hall–Kier alpha value is -0.880. The van der Waals surface area contributed by atoms with E-state index < -0.39 is 0 Å². The maximum Gasteiger partial charge on any atom is 0.0962 e. The van der Waals surface area contributed by atoms with E-state index in [0.717, 1.165) is 5.69 Å². The van der Waals surface area contributed by atoms with Gasteiger partial charge in [-0.2, -0.15) is 5.26 Å². The molecule has 0 bridgehead atoms. The molecule has 1 saturated carbocycles. The van der Waals surface area contributed by atoms with Crippen LogP contribution in [0.25, 0.3) is 0 Å². The van der Waals surface area contributed by atoms with Gasteiger partial charge in [0.1, 0.15) is 0 Å². The van der Waals surface area contributed by atoms with Crippen molar-refractivity contribution in [3.63, 3.8) is 0 Å². The molecule has 1 atom stereocenters. The molecule has 1 aromatic heterocycles. The van der Waals surface area contributed by atoms with Gasteiger partial charge in [-0.25, -0.2) is 4.98 Å². The highest BCUT2D eigenvalue weighted by Crippen LogP contribution is 2.41. The summed E-state index contributed by atoms with van der Waals surface area (Å²) < 4.78 is 0. The number of nitriles is 1. The number of rotatable bonds is 3. The molecule has 0 aromatic carbocycles. The van der Waals surface area contributed by atoms with E-state index in [2.05, 4.69) is 24.9 Å². The van der Waals surface area contributed by atoms with Crippen molar-refractivity contribution < 1.29 is 0 Å². The molecule has 16 heavy (non-hydrogen) atoms. The van der Waals surface area contributed by atoms with E-state index in [1.54, 1.807) is 11.3 Å². The van der Waals surface area contributed by atoms with E-state index in [0.29, 0.717) is 11.8 Å². The van der Waals surface area contributed by atoms with Gasteiger partial charge in [0.25, 0.3) is 0 Å². The minimum absolute atomic E-state index is 0.0197. The zero-order chi connectivity index (χ0) is 11.7. The second kappa shape index (κ2) is 4.55. The molecule has 1 fully saturated rings. The van der Waals surface area contributed by atoms with Gasteiger partial charge in [-0.05, 0) is 25.7 Å². The first kappa shape index (κ1) is 11.6. The van der Waals surface area contributed by atoms with Crippen molar-refractivity contribution in [3.05, 3.63) is 15.6 Å². The first-order chi connectivity index (χ1) is 7.63. The summed E-state index contributed by atoms with van der Waals surface area (Å²) in [5.41, 5.74) is 1.08. The number of hydrogen-bond acceptors (Lipinski definition) is 3. The number of aromatic nitrogens is 1. The van der Waals surface area contributed by atoms with E-state index in [4.69, 9.17) is 0 Å². The Balaban J connectivity index is 2.27. The molecule has 2 rings (SSSR count). The van der Waals surface area contributed by atoms with Crippen LogP contribution in [0.1, 0.15) is 60.5 Å². The predicted molar refractivity (Wildman–Crippen MR) is 66.6 cm³/mol. The van der Waals surface area contributed by atoms with Crippen LogP contribution in [0.5, 0.6) is 0 Å². The summed E-state index contributed by atoms with van der Waals surface area (Å²) in [5, 5.41) is 10.5. The number of aryl methyl sites for hydroxylation is 1. The summed E-state index contributed by atoms with van der Waals surface area (Å²) >= 11 is 1.77. The molecule has 3 heteroatoms. The van der Waals surface area contributed by atoms with Gasteiger partial charge in [0.05, 0.1) is 22.7 Å². The molecule has 0 radical (unpaired) electrons. The summed E-state index contributed by atoms with van der Waals surface area (Å²) in [7, 11) is 0. The van der Waals surface area contributed by atoms with Gasteiger partial charge in [-0.1, -0.05) is 20.3 Å². The molecule has 0 aliphatic heterocycles. The van der Waals surface area contributed by atoms with Gasteiger partial charge >= 0.3 is 0 Å². The Bertz CT molecular complexity index is 410. The third kappa shape index (κ3) is 1.99. The molecule has 0 saturated heterocycles. The zero-order valence-electron chi connectivity index (χ0n) is 10.2. The highest BCUT2D eigenvalue weighted by Gasteiger charge is 2.27. The molecule has 1 aromatic rings. The fourth-order valence-electron chi connectivity index (χ4n) is 2.06. The summed E-state index contributed by atoms with van der Waals surface area (Å²) in [6.07, 6.45) is 3.90. The molecular weight excluding hydrogens is 216 g/mol. The van der Waals surface area contributed by atoms with E-state index in [1.165, 1.54) is 29.1 Å². The Morgan fingerprint density at radius 3 is 2.56 bits per heavy atom. The van der Waals surface area contributed by atoms with Crippen LogP contribution in [0.3, 0.4) is 0 Å². The molecule has 0 amide bonds. The average Bonchev–Trinajstić information content (AvgIpc) is 2.45. The summed E-state index contributed by atoms with van der Waals surface area (Å²) in [4.78, 5) is 5.85. The molecule has 0 N–H and O–H groups in total. The SMILES string of the molecule is Cc1nc(C2CCC2)sc1C(C#N)C(C)C. The van der Waals surface area contributed by atoms with Crippen molar-refractivity contribution in [2.45, 2.75) is 51.9 Å². The van der Waals surface area contributed by atoms with Gasteiger partial charge in [0.2, 0.25) is 0 Å². The molecule has 1 aliphatic rings. The van der Waals surface area contributed by atoms with Crippen LogP contribution in [-0.2, 0) is 0 Å². The molecule has 1 heterocycles. The summed E-state index contributed by atoms with van der Waals surface area (Å²) in [5.74, 6) is 1.08. The molecular formula is C13H18N2S. The quantitative estimate of drug-likeness (QED) is 0.793. The minimum atomic E-state index is 0.0197. The van der Waals surface area contributed by atoms with Gasteiger partial charge in [0, 0.05) is 10.8 Å². The topological polar surface area (TPSA) is 36.7 Å². The van der Waals surface area contributed by atoms with E-state index in [9.17, 15) is 5.26 Å². The Morgan fingerprint density at radius 1 is 1.44 bits per heavy atom. The number of hydrogen-bond donors (Lipinski definition) is 0. The first-order valence-corrected chi connectivity index (χ1v) is 6.82. The lowest BCUT2D eigenvalue weighted by molar-refractivity contribution is 0.418. The van der Waals surface area contributed by atoms with Crippen molar-refractivity contribution in [1.82, 2.24) is 4.98 Å². The van der Waals surface area contributed by atoms with Crippen molar-refractivity contribution >= 4 is 11.3 Å². The van der Waals surface area contributed by atoms with Crippen LogP contribution >= 0.6 is 11.3 Å². The van der Waals surface area contributed by atoms with Gasteiger partial charge in [0.15, 0.2) is 0 Å². The largest absolute Gasteiger partial charge is 0.246 e. The Kier molecular flexibility index (Phi) is 3.30. The summed E-state index contributed by atoms with van der Waals surface area (Å²) in [6, 6.07) is 2.42. The van der Waals surface area contributed by atoms with Crippen LogP contribution in [0.2, 0.25) is 0 Å². The van der Waals surface area contributed by atoms with Gasteiger partial charge in [-0.15, -0.1) is 11.3 Å². The van der Waals surface area contributed by atoms with Crippen molar-refractivity contribution in [2.75, 3.05) is 0 Å². The van der Waals surface area contributed by atoms with E-state index in [1.807, 2.05) is 6.92 Å². The maximum absolute atomic E-state index is 9.22. The lowest BCUT2D eigenvalue weighted by atomic mass is 9.86. The normalized spacial score (nSPS) is 18.2. The molecule has 1 aliphatic carbocycles. The monoisotopic (exact) mass is 234 g/mol. The second-order valence-electron chi connectivity index (χ2n) is 4.98. The van der Waals surface area contributed by atoms with Crippen molar-refractivity contribution in [1.29, 1.82) is 5.26 Å².